The van der Waals surface area contributed by atoms with Crippen molar-refractivity contribution in [2.24, 2.45) is 5.10 Å². The number of Topliss-reactive ketones (excluding diaryl/α,β-unsaturated/α-hetero) is 1. The van der Waals surface area contributed by atoms with Gasteiger partial charge in [0.1, 0.15) is 11.8 Å². The highest BCUT2D eigenvalue weighted by Crippen LogP contribution is 2.32. The van der Waals surface area contributed by atoms with Crippen molar-refractivity contribution in [3.8, 4) is 5.88 Å². The molecule has 0 bridgehead atoms. The predicted octanol–water partition coefficient (Wildman–Crippen LogP) is 2.11. The lowest BCUT2D eigenvalue weighted by molar-refractivity contribution is -0.527. The summed E-state index contributed by atoms with van der Waals surface area (Å²) in [6.07, 6.45) is 3.43. The van der Waals surface area contributed by atoms with E-state index in [4.69, 9.17) is 11.6 Å². The van der Waals surface area contributed by atoms with Crippen LogP contribution in [-0.4, -0.2) is 33.7 Å². The number of carbonyl (C=O) groups is 1. The van der Waals surface area contributed by atoms with Gasteiger partial charge in [0.25, 0.3) is 0 Å². The van der Waals surface area contributed by atoms with E-state index < -0.39 is 23.2 Å². The molecule has 1 aliphatic carbocycles. The first-order valence-corrected chi connectivity index (χ1v) is 8.01. The lowest BCUT2D eigenvalue weighted by atomic mass is 10.1. The van der Waals surface area contributed by atoms with Crippen LogP contribution in [0.4, 0.5) is 13.2 Å². The van der Waals surface area contributed by atoms with E-state index >= 15 is 0 Å². The standard InChI is InChI=1S/C18H12ClF3N3O2/c1-10-7-8-24(17(27)15(10)19)12-3-5-13(6-4-12)25-16(18(20,21)22)14(9-23-25)11(2)26/h3-9H,1H2,2H3/q+1/p+1. The summed E-state index contributed by atoms with van der Waals surface area (Å²) in [6, 6.07) is 1.59. The Morgan fingerprint density at radius 3 is 2.37 bits per heavy atom. The molecule has 0 unspecified atom stereocenters. The van der Waals surface area contributed by atoms with Crippen LogP contribution in [-0.2, 0) is 4.79 Å². The quantitative estimate of drug-likeness (QED) is 0.740. The number of halogens is 4. The molecule has 0 aromatic carbocycles. The number of pyridine rings is 1. The Kier molecular flexibility index (Phi) is 4.61. The van der Waals surface area contributed by atoms with Gasteiger partial charge in [0, 0.05) is 35.6 Å². The molecule has 1 aromatic rings. The first-order chi connectivity index (χ1) is 12.6. The fourth-order valence-corrected chi connectivity index (χ4v) is 2.75. The van der Waals surface area contributed by atoms with Crippen LogP contribution in [0.2, 0.25) is 5.02 Å². The van der Waals surface area contributed by atoms with Gasteiger partial charge in [-0.1, -0.05) is 18.2 Å². The van der Waals surface area contributed by atoms with E-state index in [9.17, 15) is 23.1 Å². The third-order valence-corrected chi connectivity index (χ3v) is 4.33. The Morgan fingerprint density at radius 2 is 1.81 bits per heavy atom. The predicted molar refractivity (Wildman–Crippen MR) is 92.9 cm³/mol. The maximum Gasteiger partial charge on any atom is 0.481 e. The summed E-state index contributed by atoms with van der Waals surface area (Å²) in [6.45, 7) is 4.72. The Bertz CT molecular complexity index is 1110. The van der Waals surface area contributed by atoms with Crippen molar-refractivity contribution in [2.45, 2.75) is 13.1 Å². The molecule has 0 spiro atoms. The summed E-state index contributed by atoms with van der Waals surface area (Å²) < 4.78 is 42.2. The zero-order valence-electron chi connectivity index (χ0n) is 14.0. The van der Waals surface area contributed by atoms with Crippen molar-refractivity contribution >= 4 is 35.9 Å². The topological polar surface area (TPSA) is 58.6 Å². The molecular formula is C18H13ClF3N3O2+2. The Morgan fingerprint density at radius 1 is 1.22 bits per heavy atom. The highest BCUT2D eigenvalue weighted by Gasteiger charge is 2.51. The van der Waals surface area contributed by atoms with Crippen LogP contribution < -0.4 is 9.46 Å². The van der Waals surface area contributed by atoms with Crippen LogP contribution >= 0.6 is 11.6 Å². The maximum atomic E-state index is 13.4. The molecule has 3 rings (SSSR count). The third-order valence-electron chi connectivity index (χ3n) is 3.92. The second-order valence-corrected chi connectivity index (χ2v) is 6.12. The van der Waals surface area contributed by atoms with Gasteiger partial charge in [0.2, 0.25) is 11.4 Å². The molecule has 0 radical (unpaired) electrons. The summed E-state index contributed by atoms with van der Waals surface area (Å²) in [4.78, 5) is 11.5. The van der Waals surface area contributed by atoms with Crippen molar-refractivity contribution in [3.63, 3.8) is 0 Å². The summed E-state index contributed by atoms with van der Waals surface area (Å²) in [5.41, 5.74) is -1.07. The fourth-order valence-electron chi connectivity index (χ4n) is 2.60. The van der Waals surface area contributed by atoms with Gasteiger partial charge in [0.05, 0.1) is 0 Å². The molecule has 0 atom stereocenters. The minimum Gasteiger partial charge on any atom is -0.458 e. The number of hydrogen-bond donors (Lipinski definition) is 1. The second-order valence-electron chi connectivity index (χ2n) is 5.74. The number of aromatic nitrogens is 1. The monoisotopic (exact) mass is 395 g/mol. The van der Waals surface area contributed by atoms with Crippen LogP contribution in [0.3, 0.4) is 0 Å². The Hall–Kier alpha value is -3.00. The molecule has 0 saturated carbocycles. The molecule has 27 heavy (non-hydrogen) atoms. The molecular weight excluding hydrogens is 383 g/mol. The van der Waals surface area contributed by atoms with E-state index in [0.717, 1.165) is 13.1 Å². The average molecular weight is 396 g/mol. The summed E-state index contributed by atoms with van der Waals surface area (Å²) in [7, 11) is 0. The van der Waals surface area contributed by atoms with Crippen LogP contribution in [0.25, 0.3) is 6.58 Å². The highest BCUT2D eigenvalue weighted by atomic mass is 35.5. The van der Waals surface area contributed by atoms with Gasteiger partial charge in [-0.3, -0.25) is 4.79 Å². The zero-order valence-corrected chi connectivity index (χ0v) is 14.7. The van der Waals surface area contributed by atoms with Crippen molar-refractivity contribution in [1.29, 1.82) is 0 Å². The third kappa shape index (κ3) is 3.35. The molecule has 138 valence electrons. The van der Waals surface area contributed by atoms with E-state index in [1.54, 1.807) is 6.07 Å². The Labute approximate surface area is 156 Å². The fraction of sp³-hybridized carbons (Fsp3) is 0.111. The number of allylic oxidation sites excluding steroid dienone is 6. The largest absolute Gasteiger partial charge is 0.481 e. The van der Waals surface area contributed by atoms with Crippen LogP contribution in [0, 0.1) is 5.71 Å². The van der Waals surface area contributed by atoms with Gasteiger partial charge >= 0.3 is 17.8 Å². The molecule has 0 amide bonds. The zero-order chi connectivity index (χ0) is 19.9. The van der Waals surface area contributed by atoms with Crippen molar-refractivity contribution in [2.75, 3.05) is 0 Å². The van der Waals surface area contributed by atoms with Gasteiger partial charge in [-0.15, -0.1) is 4.24 Å². The van der Waals surface area contributed by atoms with E-state index in [1.165, 1.54) is 34.7 Å². The molecule has 1 N–H and O–H groups in total. The summed E-state index contributed by atoms with van der Waals surface area (Å²) in [5, 5.41) is 14.3. The molecule has 1 aliphatic heterocycles. The first-order valence-electron chi connectivity index (χ1n) is 7.63. The number of hydrazone groups is 1. The summed E-state index contributed by atoms with van der Waals surface area (Å²) in [5.74, 6) is -0.973. The number of carbonyl (C=O) groups excluding carboxylic acids is 1. The van der Waals surface area contributed by atoms with Crippen molar-refractivity contribution in [1.82, 2.24) is 0 Å². The molecule has 0 saturated heterocycles. The molecule has 0 fully saturated rings. The maximum absolute atomic E-state index is 13.4. The van der Waals surface area contributed by atoms with Crippen LogP contribution in [0.5, 0.6) is 5.88 Å². The van der Waals surface area contributed by atoms with Gasteiger partial charge < -0.3 is 5.11 Å². The number of ketones is 1. The normalized spacial score (nSPS) is 16.7. The first kappa shape index (κ1) is 18.8. The lowest BCUT2D eigenvalue weighted by Gasteiger charge is -2.05. The van der Waals surface area contributed by atoms with Gasteiger partial charge in [-0.05, 0) is 16.7 Å². The van der Waals surface area contributed by atoms with Gasteiger partial charge in [-0.2, -0.15) is 13.2 Å². The van der Waals surface area contributed by atoms with Crippen molar-refractivity contribution < 1.29 is 32.0 Å². The number of hydrogen-bond acceptors (Lipinski definition) is 3. The van der Waals surface area contributed by atoms with Crippen LogP contribution in [0.15, 0.2) is 52.9 Å². The van der Waals surface area contributed by atoms with E-state index in [2.05, 4.69) is 11.7 Å². The minimum absolute atomic E-state index is 0.0686. The van der Waals surface area contributed by atoms with Crippen molar-refractivity contribution in [3.05, 3.63) is 63.8 Å². The molecule has 1 aromatic heterocycles. The highest BCUT2D eigenvalue weighted by molar-refractivity contribution is 6.31. The van der Waals surface area contributed by atoms with E-state index in [1.807, 2.05) is 0 Å². The van der Waals surface area contributed by atoms with Gasteiger partial charge in [0.15, 0.2) is 17.0 Å². The van der Waals surface area contributed by atoms with Crippen LogP contribution in [0.1, 0.15) is 6.92 Å². The molecule has 2 aliphatic rings. The second kappa shape index (κ2) is 6.62. The number of aromatic hydroxyl groups is 1. The average Bonchev–Trinajstić information content (AvgIpc) is 3.06. The lowest BCUT2D eigenvalue weighted by Crippen LogP contribution is -2.27. The number of alkyl halides is 3. The van der Waals surface area contributed by atoms with E-state index in [-0.39, 0.29) is 16.6 Å². The molecule has 5 nitrogen and oxygen atoms in total. The molecule has 2 heterocycles. The SMILES string of the molecule is C=c1cc[n+](=C2C=CC(=[N+]3N=CC(C(C)=O)=C3C(F)(F)F)C=C2)c(O)c1Cl. The smallest absolute Gasteiger partial charge is 0.458 e. The number of nitrogens with zero attached hydrogens (tertiary/aromatic N) is 3. The Balaban J connectivity index is 2.14. The molecule has 9 heteroatoms. The number of rotatable bonds is 1. The minimum atomic E-state index is -4.75. The van der Waals surface area contributed by atoms with E-state index in [0.29, 0.717) is 15.6 Å². The summed E-state index contributed by atoms with van der Waals surface area (Å²) >= 11 is 5.96. The van der Waals surface area contributed by atoms with Gasteiger partial charge in [-0.25, -0.2) is 0 Å².